The fraction of sp³-hybridized carbons (Fsp3) is 0.130. The van der Waals surface area contributed by atoms with Gasteiger partial charge in [0.2, 0.25) is 5.91 Å². The van der Waals surface area contributed by atoms with Crippen molar-refractivity contribution in [2.75, 3.05) is 18.2 Å². The first-order chi connectivity index (χ1) is 16.1. The van der Waals surface area contributed by atoms with Crippen molar-refractivity contribution in [2.45, 2.75) is 11.7 Å². The monoisotopic (exact) mass is 541 g/mol. The number of methoxy groups -OCH3 is 1. The van der Waals surface area contributed by atoms with E-state index in [0.29, 0.717) is 28.4 Å². The van der Waals surface area contributed by atoms with Gasteiger partial charge in [-0.2, -0.15) is 0 Å². The zero-order valence-electron chi connectivity index (χ0n) is 17.7. The lowest BCUT2D eigenvalue weighted by Crippen LogP contribution is -2.14. The number of nitrogens with one attached hydrogen (secondary N) is 1. The van der Waals surface area contributed by atoms with E-state index >= 15 is 0 Å². The third-order valence-corrected chi connectivity index (χ3v) is 6.85. The molecule has 168 valence electrons. The van der Waals surface area contributed by atoms with Gasteiger partial charge in [-0.05, 0) is 24.3 Å². The lowest BCUT2D eigenvalue weighted by atomic mass is 10.2. The van der Waals surface area contributed by atoms with Crippen LogP contribution in [0, 0.1) is 0 Å². The summed E-state index contributed by atoms with van der Waals surface area (Å²) < 4.78 is 8.38. The zero-order chi connectivity index (χ0) is 23.2. The molecule has 4 aromatic rings. The second-order valence-electron chi connectivity index (χ2n) is 6.79. The first-order valence-corrected chi connectivity index (χ1v) is 12.6. The molecule has 0 saturated carbocycles. The molecule has 1 N–H and O–H groups in total. The molecule has 0 bridgehead atoms. The molecule has 10 heteroatoms. The maximum absolute atomic E-state index is 12.6. The van der Waals surface area contributed by atoms with Gasteiger partial charge in [-0.25, -0.2) is 4.98 Å². The molecule has 0 aliphatic heterocycles. The van der Waals surface area contributed by atoms with E-state index < -0.39 is 0 Å². The van der Waals surface area contributed by atoms with Gasteiger partial charge in [0, 0.05) is 22.0 Å². The normalized spacial score (nSPS) is 10.7. The Morgan fingerprint density at radius 1 is 1.24 bits per heavy atom. The highest BCUT2D eigenvalue weighted by molar-refractivity contribution is 9.10. The van der Waals surface area contributed by atoms with Crippen molar-refractivity contribution < 1.29 is 9.53 Å². The molecule has 4 rings (SSSR count). The lowest BCUT2D eigenvalue weighted by molar-refractivity contribution is -0.113. The second-order valence-corrected chi connectivity index (χ2v) is 9.50. The quantitative estimate of drug-likeness (QED) is 0.214. The highest BCUT2D eigenvalue weighted by Crippen LogP contribution is 2.31. The van der Waals surface area contributed by atoms with Crippen LogP contribution in [0.5, 0.6) is 5.75 Å². The summed E-state index contributed by atoms with van der Waals surface area (Å²) in [5.74, 6) is 1.38. The third kappa shape index (κ3) is 5.52. The summed E-state index contributed by atoms with van der Waals surface area (Å²) in [5, 5.41) is 14.6. The lowest BCUT2D eigenvalue weighted by Gasteiger charge is -2.10. The minimum atomic E-state index is -0.163. The SMILES string of the molecule is C=CCn1c(SCC(=O)Nc2nc(-c3ccc(Br)cc3)cs2)nnc1-c1ccccc1OC. The van der Waals surface area contributed by atoms with Gasteiger partial charge in [0.1, 0.15) is 5.75 Å². The number of benzene rings is 2. The summed E-state index contributed by atoms with van der Waals surface area (Å²) in [4.78, 5) is 17.1. The average Bonchev–Trinajstić information content (AvgIpc) is 3.45. The Balaban J connectivity index is 1.44. The molecule has 2 aromatic carbocycles. The number of carbonyl (C=O) groups excluding carboxylic acids is 1. The molecule has 33 heavy (non-hydrogen) atoms. The largest absolute Gasteiger partial charge is 0.496 e. The van der Waals surface area contributed by atoms with Crippen LogP contribution in [0.4, 0.5) is 5.13 Å². The highest BCUT2D eigenvalue weighted by Gasteiger charge is 2.18. The number of allylic oxidation sites excluding steroid dienone is 1. The van der Waals surface area contributed by atoms with E-state index in [1.54, 1.807) is 13.2 Å². The first kappa shape index (κ1) is 23.2. The zero-order valence-corrected chi connectivity index (χ0v) is 20.9. The van der Waals surface area contributed by atoms with Crippen LogP contribution in [0.25, 0.3) is 22.6 Å². The van der Waals surface area contributed by atoms with E-state index in [1.807, 2.05) is 58.5 Å². The number of nitrogens with zero attached hydrogens (tertiary/aromatic N) is 4. The van der Waals surface area contributed by atoms with Crippen molar-refractivity contribution in [2.24, 2.45) is 0 Å². The van der Waals surface area contributed by atoms with Gasteiger partial charge in [0.05, 0.1) is 24.1 Å². The number of carbonyl (C=O) groups is 1. The van der Waals surface area contributed by atoms with Crippen molar-refractivity contribution in [3.8, 4) is 28.4 Å². The smallest absolute Gasteiger partial charge is 0.236 e. The van der Waals surface area contributed by atoms with E-state index in [2.05, 4.69) is 43.0 Å². The number of aromatic nitrogens is 4. The minimum absolute atomic E-state index is 0.163. The number of thioether (sulfide) groups is 1. The number of thiazole rings is 1. The summed E-state index contributed by atoms with van der Waals surface area (Å²) in [6.07, 6.45) is 1.77. The molecule has 0 spiro atoms. The second kappa shape index (κ2) is 10.8. The van der Waals surface area contributed by atoms with Crippen molar-refractivity contribution in [1.29, 1.82) is 0 Å². The standard InChI is InChI=1S/C23H20BrN5O2S2/c1-3-12-29-21(17-6-4-5-7-19(17)31-2)27-28-23(29)33-14-20(30)26-22-25-18(13-32-22)15-8-10-16(24)11-9-15/h3-11,13H,1,12,14H2,2H3,(H,25,26,30). The molecule has 2 aromatic heterocycles. The molecular weight excluding hydrogens is 522 g/mol. The number of rotatable bonds is 9. The molecule has 0 saturated heterocycles. The van der Waals surface area contributed by atoms with Crippen LogP contribution >= 0.6 is 39.0 Å². The molecule has 2 heterocycles. The Morgan fingerprint density at radius 3 is 2.79 bits per heavy atom. The Bertz CT molecular complexity index is 1270. The molecule has 0 unspecified atom stereocenters. The number of anilines is 1. The predicted molar refractivity (Wildman–Crippen MR) is 137 cm³/mol. The van der Waals surface area contributed by atoms with Crippen molar-refractivity contribution in [1.82, 2.24) is 19.7 Å². The van der Waals surface area contributed by atoms with E-state index in [9.17, 15) is 4.79 Å². The van der Waals surface area contributed by atoms with Crippen LogP contribution in [0.1, 0.15) is 0 Å². The van der Waals surface area contributed by atoms with Crippen LogP contribution in [-0.2, 0) is 11.3 Å². The van der Waals surface area contributed by atoms with Crippen LogP contribution in [0.3, 0.4) is 0 Å². The molecule has 0 aliphatic carbocycles. The molecule has 0 atom stereocenters. The van der Waals surface area contributed by atoms with E-state index in [-0.39, 0.29) is 11.7 Å². The number of hydrogen-bond donors (Lipinski definition) is 1. The Morgan fingerprint density at radius 2 is 2.03 bits per heavy atom. The Hall–Kier alpha value is -2.95. The van der Waals surface area contributed by atoms with Crippen LogP contribution in [0.2, 0.25) is 0 Å². The summed E-state index contributed by atoms with van der Waals surface area (Å²) in [7, 11) is 1.62. The maximum Gasteiger partial charge on any atom is 0.236 e. The van der Waals surface area contributed by atoms with Gasteiger partial charge in [0.25, 0.3) is 0 Å². The molecule has 1 amide bonds. The molecular formula is C23H20BrN5O2S2. The maximum atomic E-state index is 12.6. The molecule has 7 nitrogen and oxygen atoms in total. The van der Waals surface area contributed by atoms with Gasteiger partial charge in [-0.15, -0.1) is 28.1 Å². The van der Waals surface area contributed by atoms with Crippen LogP contribution in [-0.4, -0.2) is 38.5 Å². The van der Waals surface area contributed by atoms with Crippen molar-refractivity contribution in [3.63, 3.8) is 0 Å². The fourth-order valence-electron chi connectivity index (χ4n) is 3.09. The predicted octanol–water partition coefficient (Wildman–Crippen LogP) is 5.76. The summed E-state index contributed by atoms with van der Waals surface area (Å²) in [5.41, 5.74) is 2.64. The number of halogens is 1. The number of amides is 1. The Kier molecular flexibility index (Phi) is 7.58. The van der Waals surface area contributed by atoms with E-state index in [0.717, 1.165) is 21.3 Å². The Labute approximate surface area is 208 Å². The number of ether oxygens (including phenoxy) is 1. The topological polar surface area (TPSA) is 81.9 Å². The molecule has 0 radical (unpaired) electrons. The average molecular weight is 542 g/mol. The highest BCUT2D eigenvalue weighted by atomic mass is 79.9. The van der Waals surface area contributed by atoms with Crippen molar-refractivity contribution in [3.05, 3.63) is 71.0 Å². The van der Waals surface area contributed by atoms with Gasteiger partial charge in [-0.3, -0.25) is 9.36 Å². The number of hydrogen-bond acceptors (Lipinski definition) is 7. The van der Waals surface area contributed by atoms with Crippen LogP contribution < -0.4 is 10.1 Å². The third-order valence-electron chi connectivity index (χ3n) is 4.60. The van der Waals surface area contributed by atoms with Gasteiger partial charge in [0.15, 0.2) is 16.1 Å². The summed E-state index contributed by atoms with van der Waals surface area (Å²) in [6, 6.07) is 15.5. The number of para-hydroxylation sites is 1. The van der Waals surface area contributed by atoms with Crippen LogP contribution in [0.15, 0.2) is 76.2 Å². The summed E-state index contributed by atoms with van der Waals surface area (Å²) in [6.45, 7) is 4.34. The fourth-order valence-corrected chi connectivity index (χ4v) is 4.84. The van der Waals surface area contributed by atoms with Gasteiger partial charge in [-0.1, -0.05) is 58.0 Å². The van der Waals surface area contributed by atoms with Gasteiger partial charge >= 0.3 is 0 Å². The van der Waals surface area contributed by atoms with Crippen molar-refractivity contribution >= 4 is 50.1 Å². The van der Waals surface area contributed by atoms with Gasteiger partial charge < -0.3 is 10.1 Å². The summed E-state index contributed by atoms with van der Waals surface area (Å²) >= 11 is 6.13. The minimum Gasteiger partial charge on any atom is -0.496 e. The molecule has 0 aliphatic rings. The molecule has 0 fully saturated rings. The van der Waals surface area contributed by atoms with E-state index in [1.165, 1.54) is 23.1 Å². The first-order valence-electron chi connectivity index (χ1n) is 9.90. The van der Waals surface area contributed by atoms with E-state index in [4.69, 9.17) is 4.74 Å².